The maximum atomic E-state index is 13.1. The largest absolute Gasteiger partial charge is 0.301 e. The summed E-state index contributed by atoms with van der Waals surface area (Å²) >= 11 is 7.16. The molecule has 0 bridgehead atoms. The summed E-state index contributed by atoms with van der Waals surface area (Å²) < 4.78 is 27.4. The van der Waals surface area contributed by atoms with Gasteiger partial charge in [-0.3, -0.25) is 4.79 Å². The van der Waals surface area contributed by atoms with Crippen molar-refractivity contribution in [2.45, 2.75) is 18.4 Å². The van der Waals surface area contributed by atoms with Crippen molar-refractivity contribution in [3.8, 4) is 0 Å². The van der Waals surface area contributed by atoms with Crippen molar-refractivity contribution in [3.63, 3.8) is 0 Å². The van der Waals surface area contributed by atoms with E-state index in [1.165, 1.54) is 35.6 Å². The summed E-state index contributed by atoms with van der Waals surface area (Å²) in [7, 11) is -3.90. The summed E-state index contributed by atoms with van der Waals surface area (Å²) in [5.74, 6) is -0.456. The minimum absolute atomic E-state index is 0.0656. The third-order valence-electron chi connectivity index (χ3n) is 3.84. The monoisotopic (exact) mass is 435 g/mol. The lowest BCUT2D eigenvalue weighted by molar-refractivity contribution is -0.116. The second kappa shape index (κ2) is 8.83. The smallest absolute Gasteiger partial charge is 0.243 e. The Balaban J connectivity index is 1.85. The van der Waals surface area contributed by atoms with Crippen molar-refractivity contribution < 1.29 is 13.2 Å². The molecule has 0 saturated carbocycles. The maximum Gasteiger partial charge on any atom is 0.243 e. The van der Waals surface area contributed by atoms with Gasteiger partial charge in [0.05, 0.1) is 17.1 Å². The predicted molar refractivity (Wildman–Crippen MR) is 111 cm³/mol. The molecule has 1 N–H and O–H groups in total. The topological polar surface area (TPSA) is 79.4 Å². The summed E-state index contributed by atoms with van der Waals surface area (Å²) in [5, 5.41) is 5.33. The molecule has 1 heterocycles. The molecule has 0 aliphatic rings. The van der Waals surface area contributed by atoms with Crippen LogP contribution in [0.15, 0.2) is 64.9 Å². The van der Waals surface area contributed by atoms with Gasteiger partial charge in [0.15, 0.2) is 5.13 Å². The van der Waals surface area contributed by atoms with Crippen LogP contribution >= 0.6 is 22.9 Å². The van der Waals surface area contributed by atoms with E-state index in [2.05, 4.69) is 10.3 Å². The molecular formula is C19H18ClN3O3S2. The fraction of sp³-hybridized carbons (Fsp3) is 0.158. The van der Waals surface area contributed by atoms with Crippen molar-refractivity contribution in [2.24, 2.45) is 0 Å². The second-order valence-corrected chi connectivity index (χ2v) is 9.29. The fourth-order valence-corrected chi connectivity index (χ4v) is 4.71. The number of anilines is 1. The van der Waals surface area contributed by atoms with Crippen LogP contribution in [0.1, 0.15) is 11.3 Å². The van der Waals surface area contributed by atoms with E-state index in [0.717, 1.165) is 15.6 Å². The van der Waals surface area contributed by atoms with Gasteiger partial charge in [0.25, 0.3) is 0 Å². The van der Waals surface area contributed by atoms with E-state index in [0.29, 0.717) is 10.2 Å². The van der Waals surface area contributed by atoms with Crippen LogP contribution in [0.4, 0.5) is 5.13 Å². The highest BCUT2D eigenvalue weighted by molar-refractivity contribution is 7.89. The molecule has 0 aliphatic heterocycles. The molecule has 0 spiro atoms. The summed E-state index contributed by atoms with van der Waals surface area (Å²) in [6.45, 7) is 1.55. The number of halogens is 1. The van der Waals surface area contributed by atoms with Crippen molar-refractivity contribution in [1.29, 1.82) is 0 Å². The molecule has 0 unspecified atom stereocenters. The molecule has 0 radical (unpaired) electrons. The highest BCUT2D eigenvalue weighted by Gasteiger charge is 2.27. The zero-order chi connectivity index (χ0) is 20.1. The van der Waals surface area contributed by atoms with Crippen LogP contribution in [0, 0.1) is 6.92 Å². The molecule has 3 rings (SSSR count). The number of hydrogen-bond acceptors (Lipinski definition) is 5. The highest BCUT2D eigenvalue weighted by Crippen LogP contribution is 2.21. The Hall–Kier alpha value is -2.26. The van der Waals surface area contributed by atoms with Gasteiger partial charge in [0.2, 0.25) is 15.9 Å². The average molecular weight is 436 g/mol. The van der Waals surface area contributed by atoms with Gasteiger partial charge in [-0.2, -0.15) is 4.31 Å². The number of aryl methyl sites for hydroxylation is 1. The van der Waals surface area contributed by atoms with Gasteiger partial charge >= 0.3 is 0 Å². The average Bonchev–Trinajstić information content (AvgIpc) is 3.07. The van der Waals surface area contributed by atoms with Crippen LogP contribution < -0.4 is 5.32 Å². The first-order valence-corrected chi connectivity index (χ1v) is 11.1. The van der Waals surface area contributed by atoms with Gasteiger partial charge in [-0.1, -0.05) is 41.9 Å². The van der Waals surface area contributed by atoms with Gasteiger partial charge in [-0.25, -0.2) is 13.4 Å². The summed E-state index contributed by atoms with van der Waals surface area (Å²) in [6.07, 6.45) is 0. The van der Waals surface area contributed by atoms with E-state index < -0.39 is 15.9 Å². The lowest BCUT2D eigenvalue weighted by atomic mass is 10.2. The zero-order valence-electron chi connectivity index (χ0n) is 15.0. The van der Waals surface area contributed by atoms with Crippen LogP contribution in [0.2, 0.25) is 5.02 Å². The summed E-state index contributed by atoms with van der Waals surface area (Å²) in [6, 6.07) is 15.0. The van der Waals surface area contributed by atoms with Crippen LogP contribution in [-0.4, -0.2) is 30.2 Å². The van der Waals surface area contributed by atoms with Gasteiger partial charge in [-0.15, -0.1) is 11.3 Å². The van der Waals surface area contributed by atoms with Crippen molar-refractivity contribution in [1.82, 2.24) is 9.29 Å². The molecule has 6 nitrogen and oxygen atoms in total. The van der Waals surface area contributed by atoms with E-state index in [9.17, 15) is 13.2 Å². The van der Waals surface area contributed by atoms with E-state index in [1.54, 1.807) is 0 Å². The summed E-state index contributed by atoms with van der Waals surface area (Å²) in [4.78, 5) is 16.7. The minimum atomic E-state index is -3.90. The Morgan fingerprint density at radius 1 is 1.14 bits per heavy atom. The highest BCUT2D eigenvalue weighted by atomic mass is 35.5. The quantitative estimate of drug-likeness (QED) is 0.609. The first kappa shape index (κ1) is 20.5. The van der Waals surface area contributed by atoms with Crippen LogP contribution in [0.3, 0.4) is 0 Å². The number of sulfonamides is 1. The van der Waals surface area contributed by atoms with E-state index in [1.807, 2.05) is 42.6 Å². The third-order valence-corrected chi connectivity index (χ3v) is 6.77. The molecule has 9 heteroatoms. The van der Waals surface area contributed by atoms with Gasteiger partial charge < -0.3 is 5.32 Å². The third kappa shape index (κ3) is 5.17. The molecule has 3 aromatic rings. The number of aromatic nitrogens is 1. The molecule has 0 saturated heterocycles. The molecule has 0 fully saturated rings. The zero-order valence-corrected chi connectivity index (χ0v) is 17.4. The van der Waals surface area contributed by atoms with Crippen LogP contribution in [0.5, 0.6) is 0 Å². The number of thiazole rings is 1. The Kier molecular flexibility index (Phi) is 6.46. The number of carbonyl (C=O) groups is 1. The van der Waals surface area contributed by atoms with Crippen LogP contribution in [-0.2, 0) is 21.4 Å². The van der Waals surface area contributed by atoms with Gasteiger partial charge in [-0.05, 0) is 36.8 Å². The molecule has 146 valence electrons. The number of rotatable bonds is 7. The van der Waals surface area contributed by atoms with Gasteiger partial charge in [0, 0.05) is 16.9 Å². The number of benzene rings is 2. The van der Waals surface area contributed by atoms with E-state index in [4.69, 9.17) is 11.6 Å². The number of nitrogens with zero attached hydrogens (tertiary/aromatic N) is 2. The van der Waals surface area contributed by atoms with Crippen LogP contribution in [0.25, 0.3) is 0 Å². The Bertz CT molecular complexity index is 1050. The fourth-order valence-electron chi connectivity index (χ4n) is 2.50. The SMILES string of the molecule is Cc1csc(NC(=O)CN(Cc2ccccc2)S(=O)(=O)c2ccc(Cl)cc2)n1. The lowest BCUT2D eigenvalue weighted by Gasteiger charge is -2.22. The lowest BCUT2D eigenvalue weighted by Crippen LogP contribution is -2.37. The Morgan fingerprint density at radius 3 is 2.43 bits per heavy atom. The first-order valence-electron chi connectivity index (χ1n) is 8.36. The number of carbonyl (C=O) groups excluding carboxylic acids is 1. The predicted octanol–water partition coefficient (Wildman–Crippen LogP) is 3.93. The summed E-state index contributed by atoms with van der Waals surface area (Å²) in [5.41, 5.74) is 1.56. The Morgan fingerprint density at radius 2 is 1.82 bits per heavy atom. The number of hydrogen-bond donors (Lipinski definition) is 1. The minimum Gasteiger partial charge on any atom is -0.301 e. The second-order valence-electron chi connectivity index (χ2n) is 6.05. The molecular weight excluding hydrogens is 418 g/mol. The molecule has 2 aromatic carbocycles. The molecule has 1 amide bonds. The molecule has 0 atom stereocenters. The standard InChI is InChI=1S/C19H18ClN3O3S2/c1-14-13-27-19(21-14)22-18(24)12-23(11-15-5-3-2-4-6-15)28(25,26)17-9-7-16(20)8-10-17/h2-10,13H,11-12H2,1H3,(H,21,22,24). The van der Waals surface area contributed by atoms with E-state index >= 15 is 0 Å². The van der Waals surface area contributed by atoms with E-state index in [-0.39, 0.29) is 18.0 Å². The number of nitrogens with one attached hydrogen (secondary N) is 1. The van der Waals surface area contributed by atoms with Crippen molar-refractivity contribution in [2.75, 3.05) is 11.9 Å². The molecule has 1 aromatic heterocycles. The first-order chi connectivity index (χ1) is 13.3. The normalized spacial score (nSPS) is 11.5. The molecule has 0 aliphatic carbocycles. The van der Waals surface area contributed by atoms with Crippen molar-refractivity contribution >= 4 is 44.0 Å². The Labute approximate surface area is 172 Å². The maximum absolute atomic E-state index is 13.1. The molecule has 28 heavy (non-hydrogen) atoms. The van der Waals surface area contributed by atoms with Gasteiger partial charge in [0.1, 0.15) is 0 Å². The van der Waals surface area contributed by atoms with Crippen molar-refractivity contribution in [3.05, 3.63) is 76.3 Å². The number of amides is 1.